The molecule has 0 aliphatic carbocycles. The monoisotopic (exact) mass is 492 g/mol. The van der Waals surface area contributed by atoms with Crippen LogP contribution >= 0.6 is 54.5 Å². The van der Waals surface area contributed by atoms with Gasteiger partial charge >= 0.3 is 0 Å². The summed E-state index contributed by atoms with van der Waals surface area (Å²) >= 11 is 9.27. The maximum absolute atomic E-state index is 10.7. The van der Waals surface area contributed by atoms with Crippen molar-refractivity contribution in [3.63, 3.8) is 0 Å². The highest BCUT2D eigenvalue weighted by molar-refractivity contribution is 9.11. The van der Waals surface area contributed by atoms with Crippen molar-refractivity contribution in [1.29, 1.82) is 0 Å². The summed E-state index contributed by atoms with van der Waals surface area (Å²) in [5.74, 6) is 0. The summed E-state index contributed by atoms with van der Waals surface area (Å²) in [5.41, 5.74) is 1.70. The Bertz CT molecular complexity index is 728. The van der Waals surface area contributed by atoms with Gasteiger partial charge < -0.3 is 5.11 Å². The zero-order valence-electron chi connectivity index (χ0n) is 12.0. The summed E-state index contributed by atoms with van der Waals surface area (Å²) in [4.78, 5) is 9.88. The smallest absolute Gasteiger partial charge is 0.264 e. The molecular formula is C11H14Br2N2O4S3. The lowest BCUT2D eigenvalue weighted by Gasteiger charge is -1.97. The van der Waals surface area contributed by atoms with Gasteiger partial charge in [-0.3, -0.25) is 4.18 Å². The minimum atomic E-state index is -3.37. The van der Waals surface area contributed by atoms with Crippen molar-refractivity contribution < 1.29 is 17.7 Å². The average Bonchev–Trinajstić information content (AvgIpc) is 2.88. The molecule has 0 atom stereocenters. The number of aliphatic hydroxyl groups is 1. The largest absolute Gasteiger partial charge is 0.391 e. The Labute approximate surface area is 154 Å². The van der Waals surface area contributed by atoms with E-state index in [0.717, 1.165) is 35.2 Å². The van der Waals surface area contributed by atoms with Crippen LogP contribution in [0.25, 0.3) is 0 Å². The van der Waals surface area contributed by atoms with Crippen molar-refractivity contribution in [2.45, 2.75) is 27.1 Å². The Morgan fingerprint density at radius 3 is 1.82 bits per heavy atom. The molecule has 0 saturated heterocycles. The van der Waals surface area contributed by atoms with Gasteiger partial charge in [0.2, 0.25) is 0 Å². The summed E-state index contributed by atoms with van der Waals surface area (Å²) in [7, 11) is -3.37. The molecule has 0 aliphatic rings. The van der Waals surface area contributed by atoms with Crippen LogP contribution in [0.5, 0.6) is 0 Å². The van der Waals surface area contributed by atoms with Crippen LogP contribution in [0.3, 0.4) is 0 Å². The third kappa shape index (κ3) is 7.11. The van der Waals surface area contributed by atoms with Gasteiger partial charge in [0.15, 0.2) is 7.83 Å². The Morgan fingerprint density at radius 1 is 1.09 bits per heavy atom. The third-order valence-electron chi connectivity index (χ3n) is 2.28. The predicted octanol–water partition coefficient (Wildman–Crippen LogP) is 3.40. The summed E-state index contributed by atoms with van der Waals surface area (Å²) in [6.07, 6.45) is 1.03. The van der Waals surface area contributed by atoms with Crippen LogP contribution in [-0.4, -0.2) is 29.7 Å². The van der Waals surface area contributed by atoms with Crippen LogP contribution in [0.1, 0.15) is 21.1 Å². The van der Waals surface area contributed by atoms with Crippen LogP contribution in [0, 0.1) is 13.8 Å². The Balaban J connectivity index is 0.000000235. The summed E-state index contributed by atoms with van der Waals surface area (Å²) in [5, 5.41) is 8.68. The van der Waals surface area contributed by atoms with Crippen molar-refractivity contribution in [2.24, 2.45) is 0 Å². The van der Waals surface area contributed by atoms with Gasteiger partial charge in [0.1, 0.15) is 6.61 Å². The van der Waals surface area contributed by atoms with Gasteiger partial charge in [0.05, 0.1) is 34.0 Å². The summed E-state index contributed by atoms with van der Waals surface area (Å²) in [6.45, 7) is 3.85. The number of rotatable bonds is 4. The van der Waals surface area contributed by atoms with E-state index in [2.05, 4.69) is 46.0 Å². The molecule has 11 heteroatoms. The molecule has 0 amide bonds. The van der Waals surface area contributed by atoms with Crippen molar-refractivity contribution in [1.82, 2.24) is 9.97 Å². The molecular weight excluding hydrogens is 480 g/mol. The van der Waals surface area contributed by atoms with E-state index in [4.69, 9.17) is 5.11 Å². The lowest BCUT2D eigenvalue weighted by molar-refractivity contribution is 0.284. The van der Waals surface area contributed by atoms with E-state index in [1.165, 1.54) is 22.7 Å². The normalized spacial score (nSPS) is 11.2. The molecule has 1 N–H and O–H groups in total. The minimum Gasteiger partial charge on any atom is -0.391 e. The fraction of sp³-hybridized carbons (Fsp3) is 0.455. The van der Waals surface area contributed by atoms with Gasteiger partial charge in [-0.25, -0.2) is 9.97 Å². The summed E-state index contributed by atoms with van der Waals surface area (Å²) in [6, 6.07) is 0. The number of aliphatic hydroxyl groups excluding tert-OH is 1. The van der Waals surface area contributed by atoms with E-state index in [1.807, 2.05) is 13.8 Å². The second-order valence-electron chi connectivity index (χ2n) is 4.08. The van der Waals surface area contributed by atoms with Crippen LogP contribution in [0.4, 0.5) is 0 Å². The first-order chi connectivity index (χ1) is 10.1. The second kappa shape index (κ2) is 8.81. The first-order valence-corrected chi connectivity index (χ1v) is 10.8. The quantitative estimate of drug-likeness (QED) is 0.656. The number of nitrogens with zero attached hydrogens (tertiary/aromatic N) is 2. The standard InChI is InChI=1S/C6H8BrNO3S2.C5H6BrNOS/c1-4-5(12-6(7)8-4)3-11-13(2,9)10;1-3-4(2-8)9-5(6)7-3/h3H2,1-2H3;8H,2H2,1H3. The molecule has 6 nitrogen and oxygen atoms in total. The first-order valence-electron chi connectivity index (χ1n) is 5.81. The third-order valence-corrected chi connectivity index (χ3v) is 6.00. The Hall–Kier alpha value is 0.0900. The predicted molar refractivity (Wildman–Crippen MR) is 94.7 cm³/mol. The number of aromatic nitrogens is 2. The molecule has 0 fully saturated rings. The maximum Gasteiger partial charge on any atom is 0.264 e. The van der Waals surface area contributed by atoms with E-state index in [0.29, 0.717) is 0 Å². The fourth-order valence-electron chi connectivity index (χ4n) is 1.23. The molecule has 0 bridgehead atoms. The number of halogens is 2. The molecule has 0 aromatic carbocycles. The van der Waals surface area contributed by atoms with E-state index >= 15 is 0 Å². The molecule has 0 unspecified atom stereocenters. The van der Waals surface area contributed by atoms with Crippen LogP contribution in [0.2, 0.25) is 0 Å². The molecule has 2 aromatic rings. The van der Waals surface area contributed by atoms with Gasteiger partial charge in [0.25, 0.3) is 10.1 Å². The highest BCUT2D eigenvalue weighted by Crippen LogP contribution is 2.23. The van der Waals surface area contributed by atoms with E-state index in [1.54, 1.807) is 0 Å². The van der Waals surface area contributed by atoms with E-state index in [9.17, 15) is 8.42 Å². The molecule has 0 saturated carbocycles. The molecule has 2 rings (SSSR count). The van der Waals surface area contributed by atoms with Gasteiger partial charge in [0, 0.05) is 0 Å². The molecule has 0 aliphatic heterocycles. The van der Waals surface area contributed by atoms with E-state index < -0.39 is 10.1 Å². The zero-order chi connectivity index (χ0) is 16.9. The lowest BCUT2D eigenvalue weighted by atomic mass is 10.4. The minimum absolute atomic E-state index is 0.0634. The number of thiazole rings is 2. The molecule has 0 radical (unpaired) electrons. The molecule has 22 heavy (non-hydrogen) atoms. The van der Waals surface area contributed by atoms with Gasteiger partial charge in [-0.1, -0.05) is 0 Å². The lowest BCUT2D eigenvalue weighted by Crippen LogP contribution is -2.02. The number of hydrogen-bond donors (Lipinski definition) is 1. The SMILES string of the molecule is Cc1nc(Br)sc1CO.Cc1nc(Br)sc1COS(C)(=O)=O. The van der Waals surface area contributed by atoms with Crippen molar-refractivity contribution in [2.75, 3.05) is 6.26 Å². The summed E-state index contributed by atoms with van der Waals surface area (Å²) < 4.78 is 27.5. The number of hydrogen-bond acceptors (Lipinski definition) is 8. The van der Waals surface area contributed by atoms with Crippen molar-refractivity contribution in [3.8, 4) is 0 Å². The zero-order valence-corrected chi connectivity index (χ0v) is 17.6. The average molecular weight is 494 g/mol. The van der Waals surface area contributed by atoms with Crippen LogP contribution in [0.15, 0.2) is 7.83 Å². The van der Waals surface area contributed by atoms with Crippen molar-refractivity contribution >= 4 is 64.7 Å². The fourth-order valence-corrected chi connectivity index (χ4v) is 4.68. The molecule has 124 valence electrons. The Morgan fingerprint density at radius 2 is 1.55 bits per heavy atom. The first kappa shape index (κ1) is 20.1. The molecule has 2 heterocycles. The van der Waals surface area contributed by atoms with Crippen LogP contribution < -0.4 is 0 Å². The maximum atomic E-state index is 10.7. The number of aryl methyl sites for hydroxylation is 2. The van der Waals surface area contributed by atoms with E-state index in [-0.39, 0.29) is 13.2 Å². The topological polar surface area (TPSA) is 89.4 Å². The Kier molecular flexibility index (Phi) is 8.06. The molecule has 0 spiro atoms. The van der Waals surface area contributed by atoms with Gasteiger partial charge in [-0.2, -0.15) is 8.42 Å². The van der Waals surface area contributed by atoms with Gasteiger partial charge in [-0.05, 0) is 45.7 Å². The van der Waals surface area contributed by atoms with Gasteiger partial charge in [-0.15, -0.1) is 22.7 Å². The molecule has 2 aromatic heterocycles. The highest BCUT2D eigenvalue weighted by atomic mass is 79.9. The van der Waals surface area contributed by atoms with Crippen molar-refractivity contribution in [3.05, 3.63) is 29.0 Å². The second-order valence-corrected chi connectivity index (χ2v) is 10.4. The highest BCUT2D eigenvalue weighted by Gasteiger charge is 2.09. The van der Waals surface area contributed by atoms with Crippen LogP contribution in [-0.2, 0) is 27.5 Å².